The van der Waals surface area contributed by atoms with Crippen LogP contribution in [0.3, 0.4) is 0 Å². The van der Waals surface area contributed by atoms with Crippen molar-refractivity contribution >= 4 is 6.09 Å². The van der Waals surface area contributed by atoms with Gasteiger partial charge in [0.25, 0.3) is 0 Å². The molecular formula is C17H24FNO4. The molecule has 0 radical (unpaired) electrons. The number of hydrogen-bond acceptors (Lipinski definition) is 4. The van der Waals surface area contributed by atoms with Crippen LogP contribution in [-0.2, 0) is 4.74 Å². The minimum Gasteiger partial charge on any atom is -0.493 e. The van der Waals surface area contributed by atoms with Gasteiger partial charge in [0.2, 0.25) is 0 Å². The number of hydrogen-bond donors (Lipinski definition) is 0. The Hall–Kier alpha value is -1.98. The van der Waals surface area contributed by atoms with Crippen molar-refractivity contribution in [3.05, 3.63) is 24.0 Å². The summed E-state index contributed by atoms with van der Waals surface area (Å²) >= 11 is 0. The van der Waals surface area contributed by atoms with E-state index in [1.807, 2.05) is 20.8 Å². The summed E-state index contributed by atoms with van der Waals surface area (Å²) in [6.45, 7) is 6.43. The molecule has 1 aliphatic heterocycles. The quantitative estimate of drug-likeness (QED) is 0.848. The number of likely N-dealkylation sites (tertiary alicyclic amines) is 1. The maximum absolute atomic E-state index is 13.4. The van der Waals surface area contributed by atoms with Crippen LogP contribution >= 0.6 is 0 Å². The zero-order valence-electron chi connectivity index (χ0n) is 14.1. The first-order chi connectivity index (χ1) is 10.8. The van der Waals surface area contributed by atoms with E-state index in [0.29, 0.717) is 18.0 Å². The van der Waals surface area contributed by atoms with Gasteiger partial charge in [-0.05, 0) is 45.7 Å². The minimum atomic E-state index is -0.531. The first-order valence-electron chi connectivity index (χ1n) is 7.76. The molecule has 0 spiro atoms. The van der Waals surface area contributed by atoms with Gasteiger partial charge in [0.05, 0.1) is 13.2 Å². The highest BCUT2D eigenvalue weighted by molar-refractivity contribution is 5.69. The second kappa shape index (κ2) is 7.06. The number of benzene rings is 1. The predicted molar refractivity (Wildman–Crippen MR) is 84.4 cm³/mol. The van der Waals surface area contributed by atoms with Gasteiger partial charge in [-0.1, -0.05) is 0 Å². The highest BCUT2D eigenvalue weighted by atomic mass is 19.1. The van der Waals surface area contributed by atoms with Crippen LogP contribution in [0, 0.1) is 5.82 Å². The molecule has 1 aromatic carbocycles. The Bertz CT molecular complexity index is 556. The lowest BCUT2D eigenvalue weighted by molar-refractivity contribution is 0.0186. The third-order valence-electron chi connectivity index (χ3n) is 3.56. The van der Waals surface area contributed by atoms with E-state index >= 15 is 0 Å². The topological polar surface area (TPSA) is 48.0 Å². The molecule has 0 aromatic heterocycles. The van der Waals surface area contributed by atoms with Crippen molar-refractivity contribution < 1.29 is 23.4 Å². The SMILES string of the molecule is COc1ccc(F)cc1OCC1CCCN1C(=O)OC(C)(C)C. The molecule has 128 valence electrons. The fourth-order valence-corrected chi connectivity index (χ4v) is 2.52. The Kier molecular flexibility index (Phi) is 5.34. The molecule has 1 unspecified atom stereocenters. The normalized spacial score (nSPS) is 18.0. The Morgan fingerprint density at radius 3 is 2.74 bits per heavy atom. The van der Waals surface area contributed by atoms with Gasteiger partial charge in [0, 0.05) is 12.6 Å². The molecule has 5 nitrogen and oxygen atoms in total. The lowest BCUT2D eigenvalue weighted by atomic mass is 10.2. The summed E-state index contributed by atoms with van der Waals surface area (Å²) < 4.78 is 29.6. The number of carbonyl (C=O) groups is 1. The number of methoxy groups -OCH3 is 1. The average molecular weight is 325 g/mol. The summed E-state index contributed by atoms with van der Waals surface area (Å²) in [4.78, 5) is 13.9. The monoisotopic (exact) mass is 325 g/mol. The molecule has 1 fully saturated rings. The van der Waals surface area contributed by atoms with E-state index in [0.717, 1.165) is 12.8 Å². The molecule has 1 amide bonds. The molecule has 1 atom stereocenters. The fraction of sp³-hybridized carbons (Fsp3) is 0.588. The maximum atomic E-state index is 13.4. The minimum absolute atomic E-state index is 0.0853. The van der Waals surface area contributed by atoms with Crippen molar-refractivity contribution in [1.29, 1.82) is 0 Å². The van der Waals surface area contributed by atoms with Crippen LogP contribution in [0.4, 0.5) is 9.18 Å². The number of carbonyl (C=O) groups excluding carboxylic acids is 1. The van der Waals surface area contributed by atoms with Crippen LogP contribution in [-0.4, -0.2) is 42.9 Å². The van der Waals surface area contributed by atoms with E-state index in [2.05, 4.69) is 0 Å². The Morgan fingerprint density at radius 2 is 2.09 bits per heavy atom. The lowest BCUT2D eigenvalue weighted by Crippen LogP contribution is -2.42. The molecule has 6 heteroatoms. The second-order valence-corrected chi connectivity index (χ2v) is 6.58. The highest BCUT2D eigenvalue weighted by Crippen LogP contribution is 2.29. The van der Waals surface area contributed by atoms with Gasteiger partial charge >= 0.3 is 6.09 Å². The number of halogens is 1. The van der Waals surface area contributed by atoms with Gasteiger partial charge < -0.3 is 19.1 Å². The molecule has 23 heavy (non-hydrogen) atoms. The fourth-order valence-electron chi connectivity index (χ4n) is 2.52. The van der Waals surface area contributed by atoms with Crippen LogP contribution in [0.25, 0.3) is 0 Å². The summed E-state index contributed by atoms with van der Waals surface area (Å²) in [6.07, 6.45) is 1.39. The zero-order valence-corrected chi connectivity index (χ0v) is 14.1. The van der Waals surface area contributed by atoms with Crippen LogP contribution in [0.15, 0.2) is 18.2 Å². The van der Waals surface area contributed by atoms with Crippen molar-refractivity contribution in [2.24, 2.45) is 0 Å². The number of nitrogens with zero attached hydrogens (tertiary/aromatic N) is 1. The predicted octanol–water partition coefficient (Wildman–Crippen LogP) is 3.61. The number of ether oxygens (including phenoxy) is 3. The van der Waals surface area contributed by atoms with E-state index in [-0.39, 0.29) is 18.7 Å². The largest absolute Gasteiger partial charge is 0.493 e. The van der Waals surface area contributed by atoms with E-state index in [1.165, 1.54) is 25.3 Å². The summed E-state index contributed by atoms with van der Waals surface area (Å²) in [5.41, 5.74) is -0.531. The molecule has 1 aliphatic rings. The first kappa shape index (κ1) is 17.4. The van der Waals surface area contributed by atoms with Crippen LogP contribution in [0.1, 0.15) is 33.6 Å². The smallest absolute Gasteiger partial charge is 0.410 e. The van der Waals surface area contributed by atoms with Crippen LogP contribution < -0.4 is 9.47 Å². The number of amides is 1. The molecule has 0 N–H and O–H groups in total. The molecule has 1 saturated heterocycles. The Balaban J connectivity index is 1.99. The molecule has 1 aromatic rings. The van der Waals surface area contributed by atoms with Crippen molar-refractivity contribution in [3.63, 3.8) is 0 Å². The maximum Gasteiger partial charge on any atom is 0.410 e. The third-order valence-corrected chi connectivity index (χ3v) is 3.56. The average Bonchev–Trinajstić information content (AvgIpc) is 2.92. The van der Waals surface area contributed by atoms with Gasteiger partial charge in [-0.2, -0.15) is 0 Å². The molecule has 0 saturated carbocycles. The van der Waals surface area contributed by atoms with Crippen molar-refractivity contribution in [2.45, 2.75) is 45.3 Å². The van der Waals surface area contributed by atoms with Gasteiger partial charge in [-0.25, -0.2) is 9.18 Å². The number of rotatable bonds is 4. The van der Waals surface area contributed by atoms with E-state index in [4.69, 9.17) is 14.2 Å². The molecule has 0 aliphatic carbocycles. The van der Waals surface area contributed by atoms with E-state index in [9.17, 15) is 9.18 Å². The van der Waals surface area contributed by atoms with Crippen molar-refractivity contribution in [1.82, 2.24) is 4.90 Å². The van der Waals surface area contributed by atoms with Crippen molar-refractivity contribution in [3.8, 4) is 11.5 Å². The molecule has 1 heterocycles. The van der Waals surface area contributed by atoms with E-state index < -0.39 is 11.4 Å². The third kappa shape index (κ3) is 4.74. The zero-order chi connectivity index (χ0) is 17.0. The summed E-state index contributed by atoms with van der Waals surface area (Å²) in [5.74, 6) is 0.410. The van der Waals surface area contributed by atoms with Crippen molar-refractivity contribution in [2.75, 3.05) is 20.3 Å². The highest BCUT2D eigenvalue weighted by Gasteiger charge is 2.32. The van der Waals surface area contributed by atoms with Crippen LogP contribution in [0.2, 0.25) is 0 Å². The Morgan fingerprint density at radius 1 is 1.35 bits per heavy atom. The summed E-state index contributed by atoms with van der Waals surface area (Å²) in [6, 6.07) is 4.03. The molecule has 2 rings (SSSR count). The standard InChI is InChI=1S/C17H24FNO4/c1-17(2,3)23-16(20)19-9-5-6-13(19)11-22-15-10-12(18)7-8-14(15)21-4/h7-8,10,13H,5-6,9,11H2,1-4H3. The van der Waals surface area contributed by atoms with E-state index in [1.54, 1.807) is 4.90 Å². The summed E-state index contributed by atoms with van der Waals surface area (Å²) in [7, 11) is 1.50. The lowest BCUT2D eigenvalue weighted by Gasteiger charge is -2.28. The van der Waals surface area contributed by atoms with Gasteiger partial charge in [-0.3, -0.25) is 0 Å². The molecular weight excluding hydrogens is 301 g/mol. The van der Waals surface area contributed by atoms with Crippen LogP contribution in [0.5, 0.6) is 11.5 Å². The second-order valence-electron chi connectivity index (χ2n) is 6.58. The van der Waals surface area contributed by atoms with Gasteiger partial charge in [0.1, 0.15) is 18.0 Å². The Labute approximate surface area is 136 Å². The first-order valence-corrected chi connectivity index (χ1v) is 7.76. The summed E-state index contributed by atoms with van der Waals surface area (Å²) in [5, 5.41) is 0. The molecule has 0 bridgehead atoms. The van der Waals surface area contributed by atoms with Gasteiger partial charge in [0.15, 0.2) is 11.5 Å². The van der Waals surface area contributed by atoms with Gasteiger partial charge in [-0.15, -0.1) is 0 Å².